The van der Waals surface area contributed by atoms with Crippen molar-refractivity contribution in [2.45, 2.75) is 18.6 Å². The monoisotopic (exact) mass is 131 g/mol. The summed E-state index contributed by atoms with van der Waals surface area (Å²) in [5, 5.41) is 20.2. The smallest absolute Gasteiger partial charge is 0.225 e. The molecule has 1 heterocycles. The lowest BCUT2D eigenvalue weighted by atomic mass is 10.1. The van der Waals surface area contributed by atoms with Crippen molar-refractivity contribution < 1.29 is 15.0 Å². The van der Waals surface area contributed by atoms with Crippen LogP contribution in [0.25, 0.3) is 0 Å². The molecule has 9 heavy (non-hydrogen) atoms. The molecule has 1 fully saturated rings. The highest BCUT2D eigenvalue weighted by Gasteiger charge is 2.30. The van der Waals surface area contributed by atoms with E-state index in [1.807, 2.05) is 0 Å². The van der Waals surface area contributed by atoms with Crippen LogP contribution in [0, 0.1) is 0 Å². The van der Waals surface area contributed by atoms with E-state index in [1.54, 1.807) is 0 Å². The van der Waals surface area contributed by atoms with Gasteiger partial charge < -0.3 is 15.5 Å². The third-order valence-corrected chi connectivity index (χ3v) is 1.29. The zero-order chi connectivity index (χ0) is 6.91. The summed E-state index contributed by atoms with van der Waals surface area (Å²) < 4.78 is 0. The van der Waals surface area contributed by atoms with Gasteiger partial charge in [-0.3, -0.25) is 4.79 Å². The van der Waals surface area contributed by atoms with Gasteiger partial charge in [-0.25, -0.2) is 0 Å². The fourth-order valence-corrected chi connectivity index (χ4v) is 0.810. The molecule has 3 N–H and O–H groups in total. The van der Waals surface area contributed by atoms with E-state index < -0.39 is 5.79 Å². The van der Waals surface area contributed by atoms with Crippen molar-refractivity contribution in [3.63, 3.8) is 0 Å². The standard InChI is InChI=1S/C5H9NO3/c7-4-3-5(8,9)1-2-6-4/h8-9H,1-3H2,(H,6,7). The highest BCUT2D eigenvalue weighted by Crippen LogP contribution is 2.13. The van der Waals surface area contributed by atoms with Crippen molar-refractivity contribution in [3.05, 3.63) is 0 Å². The molecule has 0 aliphatic carbocycles. The van der Waals surface area contributed by atoms with Crippen LogP contribution in [0.4, 0.5) is 0 Å². The summed E-state index contributed by atoms with van der Waals surface area (Å²) in [6.07, 6.45) is 0.0196. The molecule has 1 aliphatic heterocycles. The summed E-state index contributed by atoms with van der Waals surface area (Å²) in [6, 6.07) is 0. The second kappa shape index (κ2) is 1.97. The van der Waals surface area contributed by atoms with E-state index in [2.05, 4.69) is 5.32 Å². The first-order valence-corrected chi connectivity index (χ1v) is 2.82. The fourth-order valence-electron chi connectivity index (χ4n) is 0.810. The Balaban J connectivity index is 2.51. The Morgan fingerprint density at radius 3 is 2.56 bits per heavy atom. The van der Waals surface area contributed by atoms with E-state index in [9.17, 15) is 4.79 Å². The molecule has 0 aromatic carbocycles. The lowest BCUT2D eigenvalue weighted by molar-refractivity contribution is -0.183. The van der Waals surface area contributed by atoms with Gasteiger partial charge in [-0.1, -0.05) is 0 Å². The summed E-state index contributed by atoms with van der Waals surface area (Å²) in [6.45, 7) is 0.353. The quantitative estimate of drug-likeness (QED) is 0.353. The molecule has 52 valence electrons. The molecule has 0 atom stereocenters. The number of amides is 1. The molecule has 0 radical (unpaired) electrons. The Bertz CT molecular complexity index is 132. The van der Waals surface area contributed by atoms with Crippen LogP contribution in [0.3, 0.4) is 0 Å². The first kappa shape index (κ1) is 6.51. The van der Waals surface area contributed by atoms with Gasteiger partial charge >= 0.3 is 0 Å². The lowest BCUT2D eigenvalue weighted by Gasteiger charge is -2.25. The summed E-state index contributed by atoms with van der Waals surface area (Å²) in [5.74, 6) is -2.06. The summed E-state index contributed by atoms with van der Waals surface area (Å²) in [7, 11) is 0. The molecular formula is C5H9NO3. The van der Waals surface area contributed by atoms with Crippen LogP contribution in [0.5, 0.6) is 0 Å². The molecule has 0 aromatic rings. The van der Waals surface area contributed by atoms with Gasteiger partial charge in [-0.2, -0.15) is 0 Å². The first-order valence-electron chi connectivity index (χ1n) is 2.82. The molecule has 0 aromatic heterocycles. The maximum Gasteiger partial charge on any atom is 0.225 e. The number of nitrogens with one attached hydrogen (secondary N) is 1. The maximum absolute atomic E-state index is 10.4. The molecule has 4 nitrogen and oxygen atoms in total. The molecule has 0 unspecified atom stereocenters. The highest BCUT2D eigenvalue weighted by atomic mass is 16.5. The van der Waals surface area contributed by atoms with Gasteiger partial charge in [0.1, 0.15) is 0 Å². The van der Waals surface area contributed by atoms with Crippen LogP contribution in [-0.2, 0) is 4.79 Å². The number of hydrogen-bond acceptors (Lipinski definition) is 3. The van der Waals surface area contributed by atoms with Gasteiger partial charge in [0.25, 0.3) is 0 Å². The van der Waals surface area contributed by atoms with Crippen LogP contribution in [0.15, 0.2) is 0 Å². The van der Waals surface area contributed by atoms with Crippen molar-refractivity contribution in [3.8, 4) is 0 Å². The predicted octanol–water partition coefficient (Wildman–Crippen LogP) is -1.42. The van der Waals surface area contributed by atoms with Crippen molar-refractivity contribution in [2.75, 3.05) is 6.54 Å². The van der Waals surface area contributed by atoms with E-state index in [0.717, 1.165) is 0 Å². The van der Waals surface area contributed by atoms with Crippen molar-refractivity contribution in [1.29, 1.82) is 0 Å². The Morgan fingerprint density at radius 2 is 2.22 bits per heavy atom. The van der Waals surface area contributed by atoms with Crippen LogP contribution in [-0.4, -0.2) is 28.5 Å². The van der Waals surface area contributed by atoms with E-state index in [0.29, 0.717) is 6.54 Å². The number of carbonyl (C=O) groups excluding carboxylic acids is 1. The molecular weight excluding hydrogens is 122 g/mol. The van der Waals surface area contributed by atoms with Gasteiger partial charge in [0.05, 0.1) is 6.42 Å². The van der Waals surface area contributed by atoms with Crippen molar-refractivity contribution in [1.82, 2.24) is 5.32 Å². The van der Waals surface area contributed by atoms with Gasteiger partial charge in [0.2, 0.25) is 5.91 Å². The molecule has 0 spiro atoms. The second-order valence-corrected chi connectivity index (χ2v) is 2.26. The topological polar surface area (TPSA) is 69.6 Å². The minimum Gasteiger partial charge on any atom is -0.365 e. The normalized spacial score (nSPS) is 25.3. The van der Waals surface area contributed by atoms with E-state index >= 15 is 0 Å². The average Bonchev–Trinajstić information content (AvgIpc) is 1.60. The van der Waals surface area contributed by atoms with Crippen LogP contribution in [0.1, 0.15) is 12.8 Å². The number of carbonyl (C=O) groups is 1. The molecule has 1 rings (SSSR count). The largest absolute Gasteiger partial charge is 0.365 e. The Kier molecular flexibility index (Phi) is 1.42. The zero-order valence-corrected chi connectivity index (χ0v) is 4.92. The lowest BCUT2D eigenvalue weighted by Crippen LogP contribution is -2.45. The molecule has 0 saturated carbocycles. The minimum atomic E-state index is -1.76. The van der Waals surface area contributed by atoms with Gasteiger partial charge in [0, 0.05) is 13.0 Å². The maximum atomic E-state index is 10.4. The molecule has 1 amide bonds. The molecule has 0 bridgehead atoms. The highest BCUT2D eigenvalue weighted by molar-refractivity contribution is 5.77. The van der Waals surface area contributed by atoms with E-state index in [-0.39, 0.29) is 18.7 Å². The zero-order valence-electron chi connectivity index (χ0n) is 4.92. The summed E-state index contributed by atoms with van der Waals surface area (Å²) in [4.78, 5) is 10.4. The molecule has 1 aliphatic rings. The Labute approximate surface area is 52.5 Å². The fraction of sp³-hybridized carbons (Fsp3) is 0.800. The Hall–Kier alpha value is -0.610. The molecule has 4 heteroatoms. The summed E-state index contributed by atoms with van der Waals surface area (Å²) >= 11 is 0. The van der Waals surface area contributed by atoms with Gasteiger partial charge in [-0.05, 0) is 0 Å². The average molecular weight is 131 g/mol. The van der Waals surface area contributed by atoms with Crippen molar-refractivity contribution in [2.24, 2.45) is 0 Å². The Morgan fingerprint density at radius 1 is 1.56 bits per heavy atom. The molecule has 1 saturated heterocycles. The van der Waals surface area contributed by atoms with Crippen molar-refractivity contribution >= 4 is 5.91 Å². The number of hydrogen-bond donors (Lipinski definition) is 3. The first-order chi connectivity index (χ1) is 4.10. The minimum absolute atomic E-state index is 0.201. The van der Waals surface area contributed by atoms with Gasteiger partial charge in [0.15, 0.2) is 5.79 Å². The van der Waals surface area contributed by atoms with E-state index in [4.69, 9.17) is 10.2 Å². The van der Waals surface area contributed by atoms with Crippen LogP contribution in [0.2, 0.25) is 0 Å². The number of piperidine rings is 1. The number of aliphatic hydroxyl groups is 2. The third-order valence-electron chi connectivity index (χ3n) is 1.29. The second-order valence-electron chi connectivity index (χ2n) is 2.26. The van der Waals surface area contributed by atoms with Gasteiger partial charge in [-0.15, -0.1) is 0 Å². The van der Waals surface area contributed by atoms with Crippen LogP contribution < -0.4 is 5.32 Å². The SMILES string of the molecule is O=C1CC(O)(O)CCN1. The number of rotatable bonds is 0. The third kappa shape index (κ3) is 1.65. The summed E-state index contributed by atoms with van der Waals surface area (Å²) in [5.41, 5.74) is 0. The van der Waals surface area contributed by atoms with E-state index in [1.165, 1.54) is 0 Å². The van der Waals surface area contributed by atoms with Crippen LogP contribution >= 0.6 is 0 Å². The predicted molar refractivity (Wildman–Crippen MR) is 29.4 cm³/mol.